The third-order valence-electron chi connectivity index (χ3n) is 4.79. The molecule has 0 amide bonds. The van der Waals surface area contributed by atoms with E-state index in [1.807, 2.05) is 25.7 Å². The molecule has 0 aliphatic heterocycles. The largest absolute Gasteiger partial charge is 0.544 e. The Labute approximate surface area is 230 Å². The molecule has 0 atom stereocenters. The predicted octanol–water partition coefficient (Wildman–Crippen LogP) is 8.02. The van der Waals surface area contributed by atoms with Crippen molar-refractivity contribution >= 4 is 44.2 Å². The molecule has 3 rings (SSSR count). The summed E-state index contributed by atoms with van der Waals surface area (Å²) in [5, 5.41) is 11.3. The van der Waals surface area contributed by atoms with E-state index in [9.17, 15) is 9.90 Å². The SMILES string of the molecule is C[Si](C)(C)Oc1cc(O[Si](C)(C)C)c2c(=O)c(O)c(-c3ccc(O[Si](C)(C)C)c(O[Si](C)(C)C)c3)oc2c1. The van der Waals surface area contributed by atoms with Crippen molar-refractivity contribution in [1.82, 2.24) is 0 Å². The lowest BCUT2D eigenvalue weighted by atomic mass is 10.1. The number of rotatable bonds is 9. The van der Waals surface area contributed by atoms with Gasteiger partial charge in [-0.2, -0.15) is 0 Å². The van der Waals surface area contributed by atoms with Crippen molar-refractivity contribution in [2.24, 2.45) is 0 Å². The Balaban J connectivity index is 2.28. The summed E-state index contributed by atoms with van der Waals surface area (Å²) in [6, 6.07) is 8.81. The maximum atomic E-state index is 13.5. The van der Waals surface area contributed by atoms with Gasteiger partial charge in [0.15, 0.2) is 5.76 Å². The van der Waals surface area contributed by atoms with Gasteiger partial charge in [-0.05, 0) is 96.8 Å². The number of fused-ring (bicyclic) bond motifs is 1. The number of benzene rings is 2. The van der Waals surface area contributed by atoms with E-state index >= 15 is 0 Å². The van der Waals surface area contributed by atoms with E-state index in [2.05, 4.69) is 58.9 Å². The van der Waals surface area contributed by atoms with Crippen molar-refractivity contribution in [3.05, 3.63) is 40.6 Å². The standard InChI is InChI=1S/C27H42O7Si4/c1-35(2,3)31-19-16-22-24(23(17-19)34-38(10,11)12)25(28)26(29)27(30-22)18-13-14-20(32-36(4,5)6)21(15-18)33-37(7,8)9/h13-17,29H,1-12H3. The minimum Gasteiger partial charge on any atom is -0.544 e. The third kappa shape index (κ3) is 8.01. The van der Waals surface area contributed by atoms with E-state index in [1.54, 1.807) is 24.3 Å². The monoisotopic (exact) mass is 590 g/mol. The second-order valence-corrected chi connectivity index (χ2v) is 31.1. The van der Waals surface area contributed by atoms with Crippen LogP contribution in [-0.2, 0) is 0 Å². The molecular formula is C27H42O7Si4. The molecule has 11 heteroatoms. The Kier molecular flexibility index (Phi) is 8.11. The van der Waals surface area contributed by atoms with Gasteiger partial charge < -0.3 is 27.2 Å². The number of hydrogen-bond donors (Lipinski definition) is 1. The molecule has 0 saturated carbocycles. The highest BCUT2D eigenvalue weighted by atomic mass is 28.4. The molecule has 208 valence electrons. The zero-order valence-corrected chi connectivity index (χ0v) is 28.8. The van der Waals surface area contributed by atoms with Gasteiger partial charge >= 0.3 is 0 Å². The first kappa shape index (κ1) is 30.1. The lowest BCUT2D eigenvalue weighted by molar-refractivity contribution is 0.447. The normalized spacial score (nSPS) is 12.9. The van der Waals surface area contributed by atoms with Crippen LogP contribution in [-0.4, -0.2) is 38.4 Å². The highest BCUT2D eigenvalue weighted by molar-refractivity contribution is 6.71. The average molecular weight is 591 g/mol. The molecule has 1 N–H and O–H groups in total. The molecule has 1 aromatic heterocycles. The van der Waals surface area contributed by atoms with E-state index < -0.39 is 44.4 Å². The minimum atomic E-state index is -2.10. The van der Waals surface area contributed by atoms with Crippen LogP contribution in [0, 0.1) is 0 Å². The van der Waals surface area contributed by atoms with Crippen LogP contribution < -0.4 is 23.1 Å². The summed E-state index contributed by atoms with van der Waals surface area (Å²) in [6.45, 7) is 24.9. The maximum absolute atomic E-state index is 13.5. The summed E-state index contributed by atoms with van der Waals surface area (Å²) in [4.78, 5) is 13.5. The molecule has 7 nitrogen and oxygen atoms in total. The second kappa shape index (κ2) is 10.2. The van der Waals surface area contributed by atoms with Crippen LogP contribution in [0.1, 0.15) is 0 Å². The van der Waals surface area contributed by atoms with Crippen molar-refractivity contribution in [2.45, 2.75) is 78.6 Å². The Morgan fingerprint density at radius 3 is 1.66 bits per heavy atom. The quantitative estimate of drug-likeness (QED) is 0.252. The summed E-state index contributed by atoms with van der Waals surface area (Å²) in [6.07, 6.45) is 0. The van der Waals surface area contributed by atoms with Crippen molar-refractivity contribution in [1.29, 1.82) is 0 Å². The van der Waals surface area contributed by atoms with E-state index in [1.165, 1.54) is 0 Å². The van der Waals surface area contributed by atoms with Gasteiger partial charge in [-0.15, -0.1) is 0 Å². The van der Waals surface area contributed by atoms with Crippen molar-refractivity contribution in [3.63, 3.8) is 0 Å². The van der Waals surface area contributed by atoms with Gasteiger partial charge in [0.2, 0.25) is 44.4 Å². The molecule has 3 aromatic rings. The predicted molar refractivity (Wildman–Crippen MR) is 165 cm³/mol. The topological polar surface area (TPSA) is 87.4 Å². The fraction of sp³-hybridized carbons (Fsp3) is 0.444. The Morgan fingerprint density at radius 1 is 0.632 bits per heavy atom. The van der Waals surface area contributed by atoms with Crippen LogP contribution in [0.3, 0.4) is 0 Å². The van der Waals surface area contributed by atoms with Crippen LogP contribution in [0.4, 0.5) is 0 Å². The average Bonchev–Trinajstić information content (AvgIpc) is 2.67. The third-order valence-corrected chi connectivity index (χ3v) is 8.13. The molecule has 0 saturated heterocycles. The highest BCUT2D eigenvalue weighted by Crippen LogP contribution is 2.41. The lowest BCUT2D eigenvalue weighted by Gasteiger charge is -2.26. The summed E-state index contributed by atoms with van der Waals surface area (Å²) in [5.74, 6) is 1.75. The first-order valence-corrected chi connectivity index (χ1v) is 26.5. The van der Waals surface area contributed by atoms with Gasteiger partial charge in [-0.1, -0.05) is 0 Å². The van der Waals surface area contributed by atoms with Crippen molar-refractivity contribution in [2.75, 3.05) is 0 Å². The Bertz CT molecular complexity index is 1390. The Hall–Kier alpha value is -2.48. The summed E-state index contributed by atoms with van der Waals surface area (Å²) >= 11 is 0. The van der Waals surface area contributed by atoms with Crippen LogP contribution in [0.15, 0.2) is 39.5 Å². The lowest BCUT2D eigenvalue weighted by Crippen LogP contribution is -2.32. The van der Waals surface area contributed by atoms with E-state index in [-0.39, 0.29) is 11.1 Å². The molecule has 0 fully saturated rings. The molecule has 0 bridgehead atoms. The summed E-state index contributed by atoms with van der Waals surface area (Å²) < 4.78 is 31.4. The fourth-order valence-corrected chi connectivity index (χ4v) is 7.03. The van der Waals surface area contributed by atoms with Crippen LogP contribution in [0.2, 0.25) is 78.6 Å². The van der Waals surface area contributed by atoms with Crippen LogP contribution >= 0.6 is 0 Å². The molecule has 38 heavy (non-hydrogen) atoms. The van der Waals surface area contributed by atoms with E-state index in [0.717, 1.165) is 0 Å². The molecule has 0 aliphatic carbocycles. The van der Waals surface area contributed by atoms with Crippen molar-refractivity contribution in [3.8, 4) is 40.1 Å². The fourth-order valence-electron chi connectivity index (χ4n) is 3.74. The zero-order chi connectivity index (χ0) is 28.8. The molecule has 1 heterocycles. The first-order valence-electron chi connectivity index (χ1n) is 12.9. The second-order valence-electron chi connectivity index (χ2n) is 13.4. The Morgan fingerprint density at radius 2 is 1.13 bits per heavy atom. The van der Waals surface area contributed by atoms with Gasteiger partial charge in [0, 0.05) is 17.7 Å². The van der Waals surface area contributed by atoms with Gasteiger partial charge in [0.1, 0.15) is 34.0 Å². The molecule has 0 aliphatic rings. The van der Waals surface area contributed by atoms with E-state index in [4.69, 9.17) is 22.1 Å². The first-order chi connectivity index (χ1) is 17.1. The summed E-state index contributed by atoms with van der Waals surface area (Å²) in [7, 11) is -7.98. The van der Waals surface area contributed by atoms with Gasteiger partial charge in [0.25, 0.3) is 0 Å². The van der Waals surface area contributed by atoms with Crippen molar-refractivity contribution < 1.29 is 27.2 Å². The van der Waals surface area contributed by atoms with Gasteiger partial charge in [-0.25, -0.2) is 0 Å². The molecular weight excluding hydrogens is 549 g/mol. The smallest absolute Gasteiger partial charge is 0.242 e. The minimum absolute atomic E-state index is 0.0617. The number of hydrogen-bond acceptors (Lipinski definition) is 7. The zero-order valence-electron chi connectivity index (χ0n) is 24.8. The van der Waals surface area contributed by atoms with Crippen LogP contribution in [0.25, 0.3) is 22.3 Å². The summed E-state index contributed by atoms with van der Waals surface area (Å²) in [5.41, 5.74) is 0.257. The number of aromatic hydroxyl groups is 1. The van der Waals surface area contributed by atoms with Crippen LogP contribution in [0.5, 0.6) is 28.7 Å². The van der Waals surface area contributed by atoms with E-state index in [0.29, 0.717) is 34.1 Å². The maximum Gasteiger partial charge on any atom is 0.242 e. The highest BCUT2D eigenvalue weighted by Gasteiger charge is 2.27. The molecule has 0 radical (unpaired) electrons. The molecule has 0 unspecified atom stereocenters. The van der Waals surface area contributed by atoms with Gasteiger partial charge in [-0.3, -0.25) is 4.79 Å². The van der Waals surface area contributed by atoms with Gasteiger partial charge in [0.05, 0.1) is 0 Å². The molecule has 2 aromatic carbocycles. The molecule has 0 spiro atoms.